The topological polar surface area (TPSA) is 20.5 Å². The summed E-state index contributed by atoms with van der Waals surface area (Å²) in [4.78, 5) is 7.19. The number of aromatic nitrogens is 2. The fourth-order valence-corrected chi connectivity index (χ4v) is 3.06. The molecule has 1 unspecified atom stereocenters. The molecular formula is C16H23N3. The van der Waals surface area contributed by atoms with Gasteiger partial charge in [-0.25, -0.2) is 4.98 Å². The molecule has 1 atom stereocenters. The van der Waals surface area contributed by atoms with E-state index in [0.29, 0.717) is 6.04 Å². The maximum absolute atomic E-state index is 4.61. The molecule has 0 spiro atoms. The molecule has 0 bridgehead atoms. The van der Waals surface area contributed by atoms with E-state index in [1.165, 1.54) is 36.4 Å². The van der Waals surface area contributed by atoms with Crippen LogP contribution in [0.4, 0.5) is 0 Å². The van der Waals surface area contributed by atoms with Gasteiger partial charge in [0.25, 0.3) is 0 Å². The first-order valence-corrected chi connectivity index (χ1v) is 7.30. The normalized spacial score (nSPS) is 20.7. The quantitative estimate of drug-likeness (QED) is 0.842. The van der Waals surface area contributed by atoms with E-state index in [1.54, 1.807) is 0 Å². The number of fused-ring (bicyclic) bond motifs is 1. The van der Waals surface area contributed by atoms with Crippen LogP contribution in [0.1, 0.15) is 31.7 Å². The Hall–Kier alpha value is -1.35. The van der Waals surface area contributed by atoms with Gasteiger partial charge in [-0.2, -0.15) is 0 Å². The number of hydrogen-bond donors (Lipinski definition) is 0. The average Bonchev–Trinajstić information content (AvgIpc) is 2.98. The van der Waals surface area contributed by atoms with E-state index >= 15 is 0 Å². The first-order chi connectivity index (χ1) is 9.13. The Morgan fingerprint density at radius 3 is 2.95 bits per heavy atom. The molecular weight excluding hydrogens is 234 g/mol. The molecule has 0 saturated carbocycles. The lowest BCUT2D eigenvalue weighted by atomic mass is 10.0. The van der Waals surface area contributed by atoms with Gasteiger partial charge in [0.1, 0.15) is 5.82 Å². The highest BCUT2D eigenvalue weighted by atomic mass is 15.2. The van der Waals surface area contributed by atoms with Gasteiger partial charge < -0.3 is 9.30 Å². The summed E-state index contributed by atoms with van der Waals surface area (Å²) in [7, 11) is 0. The lowest BCUT2D eigenvalue weighted by molar-refractivity contribution is 0.264. The maximum atomic E-state index is 4.61. The summed E-state index contributed by atoms with van der Waals surface area (Å²) in [6.07, 6.45) is 6.59. The summed E-state index contributed by atoms with van der Waals surface area (Å²) in [6.45, 7) is 9.18. The van der Waals surface area contributed by atoms with Gasteiger partial charge in [0.05, 0.1) is 11.7 Å². The minimum atomic E-state index is 0.671. The van der Waals surface area contributed by atoms with Crippen molar-refractivity contribution in [2.75, 3.05) is 13.1 Å². The fraction of sp³-hybridized carbons (Fsp3) is 0.562. The van der Waals surface area contributed by atoms with Crippen molar-refractivity contribution in [2.45, 2.75) is 39.7 Å². The molecule has 0 amide bonds. The number of nitrogens with zero attached hydrogens (tertiary/aromatic N) is 3. The molecule has 2 aromatic heterocycles. The summed E-state index contributed by atoms with van der Waals surface area (Å²) < 4.78 is 2.26. The van der Waals surface area contributed by atoms with Crippen LogP contribution in [-0.2, 0) is 6.42 Å². The van der Waals surface area contributed by atoms with Crippen molar-refractivity contribution in [3.05, 3.63) is 35.9 Å². The van der Waals surface area contributed by atoms with Crippen LogP contribution in [0.15, 0.2) is 24.5 Å². The Morgan fingerprint density at radius 2 is 2.21 bits per heavy atom. The second-order valence-electron chi connectivity index (χ2n) is 6.12. The van der Waals surface area contributed by atoms with E-state index in [9.17, 15) is 0 Å². The second-order valence-corrected chi connectivity index (χ2v) is 6.12. The van der Waals surface area contributed by atoms with E-state index in [2.05, 4.69) is 53.4 Å². The van der Waals surface area contributed by atoms with Crippen LogP contribution in [0.2, 0.25) is 0 Å². The summed E-state index contributed by atoms with van der Waals surface area (Å²) in [5.41, 5.74) is 2.50. The van der Waals surface area contributed by atoms with Crippen LogP contribution in [0.3, 0.4) is 0 Å². The van der Waals surface area contributed by atoms with E-state index in [0.717, 1.165) is 12.3 Å². The predicted molar refractivity (Wildman–Crippen MR) is 78.4 cm³/mol. The number of aryl methyl sites for hydroxylation is 1. The molecule has 2 aromatic rings. The maximum Gasteiger partial charge on any atom is 0.113 e. The average molecular weight is 257 g/mol. The van der Waals surface area contributed by atoms with Crippen molar-refractivity contribution in [1.82, 2.24) is 14.3 Å². The van der Waals surface area contributed by atoms with Crippen molar-refractivity contribution in [3.8, 4) is 0 Å². The summed E-state index contributed by atoms with van der Waals surface area (Å²) in [5.74, 6) is 1.97. The Bertz CT molecular complexity index is 570. The smallest absolute Gasteiger partial charge is 0.113 e. The first-order valence-electron chi connectivity index (χ1n) is 7.30. The van der Waals surface area contributed by atoms with Gasteiger partial charge in [0, 0.05) is 25.2 Å². The summed E-state index contributed by atoms with van der Waals surface area (Å²) >= 11 is 0. The van der Waals surface area contributed by atoms with Crippen molar-refractivity contribution in [2.24, 2.45) is 5.92 Å². The monoisotopic (exact) mass is 257 g/mol. The number of pyridine rings is 1. The Balaban J connectivity index is 1.77. The second kappa shape index (κ2) is 4.97. The lowest BCUT2D eigenvalue weighted by Gasteiger charge is -2.20. The largest absolute Gasteiger partial charge is 0.303 e. The third-order valence-electron chi connectivity index (χ3n) is 4.27. The van der Waals surface area contributed by atoms with Gasteiger partial charge in [-0.05, 0) is 51.3 Å². The number of hydrogen-bond acceptors (Lipinski definition) is 2. The fourth-order valence-electron chi connectivity index (χ4n) is 3.06. The molecule has 1 aliphatic rings. The van der Waals surface area contributed by atoms with Gasteiger partial charge in [-0.1, -0.05) is 6.07 Å². The molecule has 3 nitrogen and oxygen atoms in total. The zero-order valence-electron chi connectivity index (χ0n) is 12.1. The van der Waals surface area contributed by atoms with Crippen LogP contribution in [-0.4, -0.2) is 33.4 Å². The molecule has 0 radical (unpaired) electrons. The Morgan fingerprint density at radius 1 is 1.37 bits per heavy atom. The van der Waals surface area contributed by atoms with E-state index in [1.807, 2.05) is 6.20 Å². The van der Waals surface area contributed by atoms with Gasteiger partial charge in [0.15, 0.2) is 0 Å². The number of rotatable bonds is 3. The first kappa shape index (κ1) is 12.7. The van der Waals surface area contributed by atoms with Crippen LogP contribution < -0.4 is 0 Å². The SMILES string of the molecule is Cc1ccc2cnc(CC3CCN(C(C)C)C3)n2c1. The minimum Gasteiger partial charge on any atom is -0.303 e. The molecule has 0 N–H and O–H groups in total. The zero-order valence-corrected chi connectivity index (χ0v) is 12.1. The molecule has 102 valence electrons. The molecule has 1 saturated heterocycles. The zero-order chi connectivity index (χ0) is 13.4. The molecule has 1 aliphatic heterocycles. The third-order valence-corrected chi connectivity index (χ3v) is 4.27. The van der Waals surface area contributed by atoms with Crippen LogP contribution in [0.25, 0.3) is 5.52 Å². The highest BCUT2D eigenvalue weighted by Crippen LogP contribution is 2.22. The molecule has 3 heteroatoms. The van der Waals surface area contributed by atoms with Crippen LogP contribution in [0, 0.1) is 12.8 Å². The number of likely N-dealkylation sites (tertiary alicyclic amines) is 1. The van der Waals surface area contributed by atoms with Crippen molar-refractivity contribution in [1.29, 1.82) is 0 Å². The van der Waals surface area contributed by atoms with Gasteiger partial charge >= 0.3 is 0 Å². The minimum absolute atomic E-state index is 0.671. The number of imidazole rings is 1. The third kappa shape index (κ3) is 2.52. The van der Waals surface area contributed by atoms with Crippen molar-refractivity contribution >= 4 is 5.52 Å². The Kier molecular flexibility index (Phi) is 3.31. The van der Waals surface area contributed by atoms with Crippen molar-refractivity contribution in [3.63, 3.8) is 0 Å². The van der Waals surface area contributed by atoms with Gasteiger partial charge in [-0.15, -0.1) is 0 Å². The lowest BCUT2D eigenvalue weighted by Crippen LogP contribution is -2.28. The standard InChI is InChI=1S/C16H23N3/c1-12(2)18-7-6-14(11-18)8-16-17-9-15-5-4-13(3)10-19(15)16/h4-5,9-10,12,14H,6-8,11H2,1-3H3. The highest BCUT2D eigenvalue weighted by molar-refractivity contribution is 5.46. The van der Waals surface area contributed by atoms with Crippen LogP contribution in [0.5, 0.6) is 0 Å². The molecule has 1 fully saturated rings. The van der Waals surface area contributed by atoms with Gasteiger partial charge in [-0.3, -0.25) is 0 Å². The molecule has 19 heavy (non-hydrogen) atoms. The molecule has 3 heterocycles. The van der Waals surface area contributed by atoms with E-state index in [4.69, 9.17) is 0 Å². The van der Waals surface area contributed by atoms with Gasteiger partial charge in [0.2, 0.25) is 0 Å². The van der Waals surface area contributed by atoms with Crippen LogP contribution >= 0.6 is 0 Å². The molecule has 0 aliphatic carbocycles. The van der Waals surface area contributed by atoms with Crippen molar-refractivity contribution < 1.29 is 0 Å². The predicted octanol–water partition coefficient (Wildman–Crippen LogP) is 2.92. The molecule has 0 aromatic carbocycles. The van der Waals surface area contributed by atoms with E-state index in [-0.39, 0.29) is 0 Å². The van der Waals surface area contributed by atoms with E-state index < -0.39 is 0 Å². The summed E-state index contributed by atoms with van der Waals surface area (Å²) in [5, 5.41) is 0. The molecule has 3 rings (SSSR count). The highest BCUT2D eigenvalue weighted by Gasteiger charge is 2.25. The summed E-state index contributed by atoms with van der Waals surface area (Å²) in [6, 6.07) is 4.97. The Labute approximate surface area is 115 Å².